The molecule has 240 valence electrons. The minimum Gasteiger partial charge on any atom is -0.858 e. The summed E-state index contributed by atoms with van der Waals surface area (Å²) in [7, 11) is -7.95. The summed E-state index contributed by atoms with van der Waals surface area (Å²) >= 11 is 0. The Morgan fingerprint density at radius 2 is 0.878 bits per heavy atom. The van der Waals surface area contributed by atoms with Gasteiger partial charge < -0.3 is 63.4 Å². The zero-order valence-electron chi connectivity index (χ0n) is 23.3. The maximum absolute atomic E-state index is 10.4. The predicted molar refractivity (Wildman–Crippen MR) is 148 cm³/mol. The van der Waals surface area contributed by atoms with Gasteiger partial charge in [-0.05, 0) is 51.7 Å². The third-order valence-electron chi connectivity index (χ3n) is 5.28. The molecule has 21 heteroatoms. The van der Waals surface area contributed by atoms with Crippen LogP contribution in [0.4, 0.5) is 0 Å². The molecule has 0 aromatic carbocycles. The second-order valence-corrected chi connectivity index (χ2v) is 11.0. The van der Waals surface area contributed by atoms with Crippen LogP contribution in [0.25, 0.3) is 0 Å². The van der Waals surface area contributed by atoms with E-state index in [1.165, 1.54) is 39.5 Å². The molecule has 2 saturated carbocycles. The molecule has 2 heterocycles. The topological polar surface area (TPSA) is 391 Å². The Balaban J connectivity index is -0.000000136. The molecule has 4 rings (SSSR count). The van der Waals surface area contributed by atoms with Crippen molar-refractivity contribution in [2.24, 2.45) is 31.7 Å². The van der Waals surface area contributed by atoms with Crippen molar-refractivity contribution in [1.29, 1.82) is 0 Å². The van der Waals surface area contributed by atoms with Crippen molar-refractivity contribution in [1.82, 2.24) is 0 Å². The van der Waals surface area contributed by atoms with Crippen molar-refractivity contribution in [2.75, 3.05) is 0 Å². The molecule has 0 amide bonds. The summed E-state index contributed by atoms with van der Waals surface area (Å²) in [6.07, 6.45) is 11.6. The van der Waals surface area contributed by atoms with Crippen LogP contribution in [-0.4, -0.2) is 63.8 Å². The van der Waals surface area contributed by atoms with Crippen LogP contribution in [0.1, 0.15) is 65.2 Å². The van der Waals surface area contributed by atoms with E-state index in [9.17, 15) is 27.0 Å². The van der Waals surface area contributed by atoms with Crippen LogP contribution in [0.3, 0.4) is 0 Å². The third-order valence-corrected chi connectivity index (χ3v) is 7.03. The number of nitrogens with zero attached hydrogens (tertiary/aromatic N) is 2. The van der Waals surface area contributed by atoms with E-state index in [1.807, 2.05) is 0 Å². The summed E-state index contributed by atoms with van der Waals surface area (Å²) in [5.74, 6) is -1.52. The van der Waals surface area contributed by atoms with E-state index in [4.69, 9.17) is 22.9 Å². The molecule has 2 aliphatic carbocycles. The first kappa shape index (κ1) is 48.9. The minimum atomic E-state index is -3.97. The molecule has 0 unspecified atom stereocenters. The van der Waals surface area contributed by atoms with E-state index < -0.39 is 32.4 Å². The van der Waals surface area contributed by atoms with Gasteiger partial charge in [0.2, 0.25) is 0 Å². The second kappa shape index (κ2) is 22.8. The smallest absolute Gasteiger partial charge is 0.858 e. The van der Waals surface area contributed by atoms with Crippen LogP contribution in [0.2, 0.25) is 0 Å². The van der Waals surface area contributed by atoms with Crippen molar-refractivity contribution in [2.45, 2.75) is 89.4 Å². The van der Waals surface area contributed by atoms with Crippen LogP contribution < -0.4 is 33.1 Å². The SMILES string of the molecule is CC1=CC([O-])=NS(=O)(=O)O1.CC1=CC([O-])=NS(=O)(=O)O1.N[C@@H]1CCCC[C@H]1N.N[C@H]1CCCC[C@@H]1N.O.O.[OH3+].[OH3+].[Zn+2]. The van der Waals surface area contributed by atoms with E-state index in [0.29, 0.717) is 0 Å². The number of nitrogens with two attached hydrogens (primary N) is 4. The van der Waals surface area contributed by atoms with Crippen molar-refractivity contribution in [3.63, 3.8) is 0 Å². The minimum absolute atomic E-state index is 0. The molecule has 4 aliphatic rings. The van der Waals surface area contributed by atoms with Gasteiger partial charge in [-0.25, -0.2) is 0 Å². The van der Waals surface area contributed by atoms with Crippen LogP contribution in [0.15, 0.2) is 32.5 Å². The molecule has 0 radical (unpaired) electrons. The van der Waals surface area contributed by atoms with Crippen molar-refractivity contribution >= 4 is 32.4 Å². The Morgan fingerprint density at radius 1 is 0.659 bits per heavy atom. The second-order valence-electron chi connectivity index (χ2n) is 8.62. The van der Waals surface area contributed by atoms with Crippen LogP contribution >= 0.6 is 0 Å². The van der Waals surface area contributed by atoms with Gasteiger partial charge in [-0.1, -0.05) is 25.7 Å². The molecule has 0 aromatic heterocycles. The van der Waals surface area contributed by atoms with E-state index in [0.717, 1.165) is 37.8 Å². The molecule has 4 atom stereocenters. The van der Waals surface area contributed by atoms with Gasteiger partial charge in [0.15, 0.2) is 0 Å². The summed E-state index contributed by atoms with van der Waals surface area (Å²) < 4.78 is 55.5. The van der Waals surface area contributed by atoms with Crippen LogP contribution in [0.5, 0.6) is 0 Å². The molecular weight excluding hydrogens is 646 g/mol. The fourth-order valence-electron chi connectivity index (χ4n) is 3.41. The normalized spacial score (nSPS) is 26.5. The zero-order chi connectivity index (χ0) is 27.5. The van der Waals surface area contributed by atoms with Gasteiger partial charge in [0.1, 0.15) is 11.5 Å². The monoisotopic (exact) mass is 690 g/mol. The summed E-state index contributed by atoms with van der Waals surface area (Å²) in [5.41, 5.74) is 22.6. The quantitative estimate of drug-likeness (QED) is 0.137. The Morgan fingerprint density at radius 3 is 1.02 bits per heavy atom. The number of hydrogen-bond donors (Lipinski definition) is 4. The van der Waals surface area contributed by atoms with Crippen LogP contribution in [0, 0.1) is 0 Å². The molecular formula is C20H46N6O12S2Zn+2. The van der Waals surface area contributed by atoms with E-state index in [1.54, 1.807) is 0 Å². The first-order valence-corrected chi connectivity index (χ1v) is 14.1. The Labute approximate surface area is 253 Å². The number of allylic oxidation sites excluding steroid dienone is 2. The molecule has 2 fully saturated rings. The molecule has 0 bridgehead atoms. The average Bonchev–Trinajstić information content (AvgIpc) is 2.70. The first-order chi connectivity index (χ1) is 16.6. The fourth-order valence-corrected chi connectivity index (χ4v) is 4.80. The summed E-state index contributed by atoms with van der Waals surface area (Å²) in [4.78, 5) is 0. The van der Waals surface area contributed by atoms with Gasteiger partial charge in [-0.2, -0.15) is 16.8 Å². The summed E-state index contributed by atoms with van der Waals surface area (Å²) in [6.45, 7) is 2.73. The molecule has 0 aromatic rings. The predicted octanol–water partition coefficient (Wildman–Crippen LogP) is -5.22. The molecule has 0 saturated heterocycles. The third kappa shape index (κ3) is 21.6. The molecule has 2 aliphatic heterocycles. The summed E-state index contributed by atoms with van der Waals surface area (Å²) in [6, 6.07) is 1.12. The maximum Gasteiger partial charge on any atom is 2.00 e. The largest absolute Gasteiger partial charge is 2.00 e. The Hall–Kier alpha value is -1.78. The molecule has 0 spiro atoms. The van der Waals surface area contributed by atoms with Crippen molar-refractivity contribution in [3.8, 4) is 0 Å². The number of hydrogen-bond acceptors (Lipinski definition) is 12. The Bertz CT molecular complexity index is 967. The number of rotatable bonds is 0. The van der Waals surface area contributed by atoms with Gasteiger partial charge in [-0.3, -0.25) is 0 Å². The zero-order valence-corrected chi connectivity index (χ0v) is 27.9. The van der Waals surface area contributed by atoms with Crippen molar-refractivity contribution < 1.29 is 76.8 Å². The Kier molecular flexibility index (Phi) is 27.2. The first-order valence-electron chi connectivity index (χ1n) is 11.4. The van der Waals surface area contributed by atoms with Gasteiger partial charge in [0, 0.05) is 36.0 Å². The summed E-state index contributed by atoms with van der Waals surface area (Å²) in [5, 5.41) is 20.8. The van der Waals surface area contributed by atoms with Gasteiger partial charge in [-0.15, -0.1) is 8.80 Å². The molecule has 18 N–H and O–H groups in total. The maximum atomic E-state index is 10.4. The molecule has 18 nitrogen and oxygen atoms in total. The van der Waals surface area contributed by atoms with E-state index >= 15 is 0 Å². The molecule has 41 heavy (non-hydrogen) atoms. The van der Waals surface area contributed by atoms with Crippen LogP contribution in [-0.2, 0) is 59.4 Å². The fraction of sp³-hybridized carbons (Fsp3) is 0.700. The standard InChI is InChI=1S/2C6H14N2.2C4H5NO4S.4H2O.Zn/c2*7-5-3-1-2-4-6(5)8;2*1-3-2-4(6)5-10(7,8)9-3;;;;;/h2*5-6H,1-4,7-8H2;2*2H,1H3,(H,5,6);4*1H2;/q;;;;;;;;+2/t2*5-,6-;;;;;;;/m10......./s1. The van der Waals surface area contributed by atoms with E-state index in [2.05, 4.69) is 17.2 Å². The van der Waals surface area contributed by atoms with E-state index in [-0.39, 0.29) is 77.1 Å². The average molecular weight is 692 g/mol. The van der Waals surface area contributed by atoms with Gasteiger partial charge >= 0.3 is 40.1 Å². The van der Waals surface area contributed by atoms with Gasteiger partial charge in [0.05, 0.1) is 0 Å². The van der Waals surface area contributed by atoms with Gasteiger partial charge in [0.25, 0.3) is 0 Å². The van der Waals surface area contributed by atoms with Crippen molar-refractivity contribution in [3.05, 3.63) is 23.7 Å².